The van der Waals surface area contributed by atoms with Crippen LogP contribution in [0.2, 0.25) is 0 Å². The second-order valence-corrected chi connectivity index (χ2v) is 4.48. The minimum atomic E-state index is -0.456. The summed E-state index contributed by atoms with van der Waals surface area (Å²) in [6.07, 6.45) is 2.55. The Kier molecular flexibility index (Phi) is 5.33. The van der Waals surface area contributed by atoms with Gasteiger partial charge in [0.2, 0.25) is 0 Å². The molecule has 0 aliphatic carbocycles. The van der Waals surface area contributed by atoms with Crippen LogP contribution in [0.15, 0.2) is 61.2 Å². The van der Waals surface area contributed by atoms with Gasteiger partial charge in [0.25, 0.3) is 0 Å². The lowest BCUT2D eigenvalue weighted by molar-refractivity contribution is 0.0734. The van der Waals surface area contributed by atoms with Gasteiger partial charge in [-0.25, -0.2) is 4.79 Å². The van der Waals surface area contributed by atoms with Crippen LogP contribution in [0.1, 0.15) is 22.3 Å². The maximum absolute atomic E-state index is 12.0. The van der Waals surface area contributed by atoms with Crippen LogP contribution in [0.5, 0.6) is 11.5 Å². The van der Waals surface area contributed by atoms with E-state index in [0.717, 1.165) is 6.42 Å². The molecule has 2 aromatic carbocycles. The molecule has 2 aromatic rings. The molecule has 0 spiro atoms. The third kappa shape index (κ3) is 4.22. The van der Waals surface area contributed by atoms with E-state index in [0.29, 0.717) is 29.2 Å². The molecule has 110 valence electrons. The summed E-state index contributed by atoms with van der Waals surface area (Å²) in [6, 6.07) is 15.1. The van der Waals surface area contributed by atoms with E-state index in [4.69, 9.17) is 14.7 Å². The number of nitriles is 1. The number of benzene rings is 2. The highest BCUT2D eigenvalue weighted by molar-refractivity contribution is 5.91. The number of ether oxygens (including phenoxy) is 2. The zero-order valence-corrected chi connectivity index (χ0v) is 12.0. The van der Waals surface area contributed by atoms with Crippen LogP contribution in [-0.4, -0.2) is 12.6 Å². The number of nitrogens with zero attached hydrogens (tertiary/aromatic N) is 1. The minimum absolute atomic E-state index is 0.398. The normalized spacial score (nSPS) is 9.59. The van der Waals surface area contributed by atoms with Crippen LogP contribution in [0.25, 0.3) is 0 Å². The van der Waals surface area contributed by atoms with E-state index in [2.05, 4.69) is 6.58 Å². The number of esters is 1. The SMILES string of the molecule is C=CCCOc1ccc(C(=O)Oc2ccc(C#N)cc2)cc1. The van der Waals surface area contributed by atoms with Crippen molar-refractivity contribution in [3.05, 3.63) is 72.3 Å². The van der Waals surface area contributed by atoms with Crippen molar-refractivity contribution in [2.24, 2.45) is 0 Å². The predicted molar refractivity (Wildman–Crippen MR) is 82.9 cm³/mol. The molecule has 0 amide bonds. The fourth-order valence-electron chi connectivity index (χ4n) is 1.71. The van der Waals surface area contributed by atoms with Gasteiger partial charge in [0.15, 0.2) is 0 Å². The molecule has 4 heteroatoms. The molecule has 0 heterocycles. The van der Waals surface area contributed by atoms with Crippen LogP contribution in [-0.2, 0) is 0 Å². The first-order valence-electron chi connectivity index (χ1n) is 6.79. The monoisotopic (exact) mass is 293 g/mol. The highest BCUT2D eigenvalue weighted by Crippen LogP contribution is 2.16. The largest absolute Gasteiger partial charge is 0.493 e. The first kappa shape index (κ1) is 15.3. The molecule has 0 unspecified atom stereocenters. The van der Waals surface area contributed by atoms with Crippen LogP contribution in [0.3, 0.4) is 0 Å². The Balaban J connectivity index is 1.97. The Labute approximate surface area is 129 Å². The molecule has 0 radical (unpaired) electrons. The Bertz CT molecular complexity index is 682. The number of hydrogen-bond donors (Lipinski definition) is 0. The molecular formula is C18H15NO3. The van der Waals surface area contributed by atoms with Gasteiger partial charge in [0.1, 0.15) is 11.5 Å². The first-order valence-corrected chi connectivity index (χ1v) is 6.79. The molecule has 0 bridgehead atoms. The van der Waals surface area contributed by atoms with Gasteiger partial charge in [-0.2, -0.15) is 5.26 Å². The van der Waals surface area contributed by atoms with Gasteiger partial charge in [0, 0.05) is 0 Å². The molecule has 0 atom stereocenters. The molecule has 0 fully saturated rings. The molecule has 0 aliphatic rings. The Morgan fingerprint density at radius 1 is 1.09 bits per heavy atom. The summed E-state index contributed by atoms with van der Waals surface area (Å²) in [6.45, 7) is 4.18. The molecule has 22 heavy (non-hydrogen) atoms. The van der Waals surface area contributed by atoms with Gasteiger partial charge in [-0.3, -0.25) is 0 Å². The number of carbonyl (C=O) groups is 1. The Morgan fingerprint density at radius 3 is 2.32 bits per heavy atom. The van der Waals surface area contributed by atoms with Crippen LogP contribution in [0.4, 0.5) is 0 Å². The summed E-state index contributed by atoms with van der Waals surface area (Å²) in [5, 5.41) is 8.72. The number of rotatable bonds is 6. The van der Waals surface area contributed by atoms with Crippen LogP contribution in [0, 0.1) is 11.3 Å². The average molecular weight is 293 g/mol. The van der Waals surface area contributed by atoms with Crippen molar-refractivity contribution < 1.29 is 14.3 Å². The lowest BCUT2D eigenvalue weighted by Crippen LogP contribution is -2.08. The van der Waals surface area contributed by atoms with Crippen molar-refractivity contribution in [1.29, 1.82) is 5.26 Å². The Hall–Kier alpha value is -3.06. The first-order chi connectivity index (χ1) is 10.7. The molecule has 0 aliphatic heterocycles. The van der Waals surface area contributed by atoms with Crippen LogP contribution >= 0.6 is 0 Å². The molecule has 0 aromatic heterocycles. The lowest BCUT2D eigenvalue weighted by Gasteiger charge is -2.06. The molecule has 0 saturated heterocycles. The predicted octanol–water partition coefficient (Wildman–Crippen LogP) is 3.73. The molecular weight excluding hydrogens is 278 g/mol. The summed E-state index contributed by atoms with van der Waals surface area (Å²) in [7, 11) is 0. The maximum atomic E-state index is 12.0. The second kappa shape index (κ2) is 7.65. The highest BCUT2D eigenvalue weighted by atomic mass is 16.5. The van der Waals surface area contributed by atoms with E-state index < -0.39 is 5.97 Å². The summed E-state index contributed by atoms with van der Waals surface area (Å²) >= 11 is 0. The van der Waals surface area contributed by atoms with Gasteiger partial charge in [-0.1, -0.05) is 6.08 Å². The van der Waals surface area contributed by atoms with Gasteiger partial charge in [-0.05, 0) is 55.0 Å². The van der Waals surface area contributed by atoms with Gasteiger partial charge < -0.3 is 9.47 Å². The second-order valence-electron chi connectivity index (χ2n) is 4.48. The molecule has 0 N–H and O–H groups in total. The van der Waals surface area contributed by atoms with Gasteiger partial charge >= 0.3 is 5.97 Å². The average Bonchev–Trinajstić information content (AvgIpc) is 2.56. The van der Waals surface area contributed by atoms with Crippen molar-refractivity contribution in [1.82, 2.24) is 0 Å². The fourth-order valence-corrected chi connectivity index (χ4v) is 1.71. The van der Waals surface area contributed by atoms with Crippen molar-refractivity contribution in [2.45, 2.75) is 6.42 Å². The van der Waals surface area contributed by atoms with Crippen molar-refractivity contribution in [2.75, 3.05) is 6.61 Å². The van der Waals surface area contributed by atoms with E-state index in [9.17, 15) is 4.79 Å². The Morgan fingerprint density at radius 2 is 1.73 bits per heavy atom. The number of carbonyl (C=O) groups excluding carboxylic acids is 1. The maximum Gasteiger partial charge on any atom is 0.343 e. The zero-order chi connectivity index (χ0) is 15.8. The van der Waals surface area contributed by atoms with E-state index in [1.807, 2.05) is 6.07 Å². The summed E-state index contributed by atoms with van der Waals surface area (Å²) in [4.78, 5) is 12.0. The van der Waals surface area contributed by atoms with Gasteiger partial charge in [0.05, 0.1) is 23.8 Å². The number of hydrogen-bond acceptors (Lipinski definition) is 4. The zero-order valence-electron chi connectivity index (χ0n) is 12.0. The van der Waals surface area contributed by atoms with Crippen LogP contribution < -0.4 is 9.47 Å². The van der Waals surface area contributed by atoms with E-state index in [1.54, 1.807) is 54.6 Å². The van der Waals surface area contributed by atoms with Gasteiger partial charge in [-0.15, -0.1) is 6.58 Å². The standard InChI is InChI=1S/C18H15NO3/c1-2-3-12-21-16-10-6-15(7-11-16)18(20)22-17-8-4-14(13-19)5-9-17/h2,4-11H,1,3,12H2. The lowest BCUT2D eigenvalue weighted by atomic mass is 10.2. The van der Waals surface area contributed by atoms with Crippen molar-refractivity contribution in [3.63, 3.8) is 0 Å². The molecule has 0 saturated carbocycles. The third-order valence-electron chi connectivity index (χ3n) is 2.87. The summed E-state index contributed by atoms with van der Waals surface area (Å²) < 4.78 is 10.7. The molecule has 2 rings (SSSR count). The summed E-state index contributed by atoms with van der Waals surface area (Å²) in [5.41, 5.74) is 0.946. The van der Waals surface area contributed by atoms with E-state index in [-0.39, 0.29) is 0 Å². The minimum Gasteiger partial charge on any atom is -0.493 e. The molecule has 4 nitrogen and oxygen atoms in total. The van der Waals surface area contributed by atoms with E-state index in [1.165, 1.54) is 0 Å². The van der Waals surface area contributed by atoms with Crippen molar-refractivity contribution in [3.8, 4) is 17.6 Å². The quantitative estimate of drug-likeness (QED) is 0.352. The summed E-state index contributed by atoms with van der Waals surface area (Å²) in [5.74, 6) is 0.634. The van der Waals surface area contributed by atoms with Crippen molar-refractivity contribution >= 4 is 5.97 Å². The topological polar surface area (TPSA) is 59.3 Å². The van der Waals surface area contributed by atoms with E-state index >= 15 is 0 Å². The highest BCUT2D eigenvalue weighted by Gasteiger charge is 2.08. The third-order valence-corrected chi connectivity index (χ3v) is 2.87. The smallest absolute Gasteiger partial charge is 0.343 e. The fraction of sp³-hybridized carbons (Fsp3) is 0.111.